The minimum Gasteiger partial charge on any atom is -0.398 e. The molecule has 0 saturated carbocycles. The number of rotatable bonds is 1. The average Bonchev–Trinajstić information content (AvgIpc) is 2.56. The third kappa shape index (κ3) is 1.25. The Morgan fingerprint density at radius 3 is 1.92 bits per heavy atom. The number of anilines is 2. The van der Waals surface area contributed by atoms with E-state index < -0.39 is 0 Å². The Hall–Kier alpha value is -1.22. The summed E-state index contributed by atoms with van der Waals surface area (Å²) in [5.41, 5.74) is 21.5. The van der Waals surface area contributed by atoms with Crippen LogP contribution in [0.25, 0.3) is 0 Å². The first-order valence-corrected chi connectivity index (χ1v) is 4.58. The highest BCUT2D eigenvalue weighted by atomic mass is 14.6. The Labute approximate surface area is 77.9 Å². The van der Waals surface area contributed by atoms with Gasteiger partial charge in [0.2, 0.25) is 0 Å². The molecule has 1 aromatic rings. The lowest BCUT2D eigenvalue weighted by Gasteiger charge is -2.05. The summed E-state index contributed by atoms with van der Waals surface area (Å²) in [6.45, 7) is 0.716. The van der Waals surface area contributed by atoms with E-state index in [0.717, 1.165) is 24.2 Å². The predicted octanol–water partition coefficient (Wildman–Crippen LogP) is 0.524. The molecule has 0 aromatic heterocycles. The molecule has 3 nitrogen and oxygen atoms in total. The number of fused-ring (bicyclic) bond motifs is 1. The molecule has 1 aliphatic rings. The number of benzene rings is 1. The molecule has 1 aromatic carbocycles. The largest absolute Gasteiger partial charge is 0.398 e. The number of hydrogen-bond donors (Lipinski definition) is 3. The van der Waals surface area contributed by atoms with E-state index in [0.29, 0.717) is 12.5 Å². The van der Waals surface area contributed by atoms with E-state index in [9.17, 15) is 0 Å². The lowest BCUT2D eigenvalue weighted by molar-refractivity contribution is 0.576. The third-order valence-corrected chi connectivity index (χ3v) is 2.82. The fourth-order valence-electron chi connectivity index (χ4n) is 2.03. The molecule has 0 bridgehead atoms. The highest BCUT2D eigenvalue weighted by Crippen LogP contribution is 2.34. The maximum atomic E-state index is 5.86. The van der Waals surface area contributed by atoms with Crippen LogP contribution in [0.3, 0.4) is 0 Å². The summed E-state index contributed by atoms with van der Waals surface area (Å²) in [6, 6.07) is 3.76. The van der Waals surface area contributed by atoms with Crippen molar-refractivity contribution in [2.75, 3.05) is 18.0 Å². The van der Waals surface area contributed by atoms with Gasteiger partial charge in [0.25, 0.3) is 0 Å². The van der Waals surface area contributed by atoms with Gasteiger partial charge in [-0.3, -0.25) is 0 Å². The third-order valence-electron chi connectivity index (χ3n) is 2.82. The summed E-state index contributed by atoms with van der Waals surface area (Å²) in [5, 5.41) is 0. The monoisotopic (exact) mass is 177 g/mol. The zero-order valence-electron chi connectivity index (χ0n) is 7.59. The van der Waals surface area contributed by atoms with Gasteiger partial charge in [-0.15, -0.1) is 0 Å². The van der Waals surface area contributed by atoms with Crippen LogP contribution in [-0.4, -0.2) is 6.54 Å². The average molecular weight is 177 g/mol. The summed E-state index contributed by atoms with van der Waals surface area (Å²) in [7, 11) is 0. The first-order chi connectivity index (χ1) is 6.22. The van der Waals surface area contributed by atoms with Gasteiger partial charge in [-0.25, -0.2) is 0 Å². The van der Waals surface area contributed by atoms with Crippen molar-refractivity contribution in [2.45, 2.75) is 12.8 Å². The summed E-state index contributed by atoms with van der Waals surface area (Å²) >= 11 is 0. The van der Waals surface area contributed by atoms with E-state index in [2.05, 4.69) is 0 Å². The molecular formula is C10H15N3. The first kappa shape index (κ1) is 8.38. The van der Waals surface area contributed by atoms with Crippen LogP contribution < -0.4 is 17.2 Å². The van der Waals surface area contributed by atoms with E-state index in [4.69, 9.17) is 17.2 Å². The van der Waals surface area contributed by atoms with E-state index in [1.54, 1.807) is 0 Å². The van der Waals surface area contributed by atoms with Crippen LogP contribution in [0.1, 0.15) is 11.1 Å². The Balaban J connectivity index is 2.43. The highest BCUT2D eigenvalue weighted by Gasteiger charge is 2.23. The zero-order valence-corrected chi connectivity index (χ0v) is 7.59. The Bertz CT molecular complexity index is 302. The molecule has 0 unspecified atom stereocenters. The van der Waals surface area contributed by atoms with Crippen molar-refractivity contribution in [2.24, 2.45) is 11.7 Å². The van der Waals surface area contributed by atoms with Gasteiger partial charge in [0.15, 0.2) is 0 Å². The van der Waals surface area contributed by atoms with Crippen molar-refractivity contribution in [3.05, 3.63) is 23.3 Å². The zero-order chi connectivity index (χ0) is 9.42. The lowest BCUT2D eigenvalue weighted by Crippen LogP contribution is -2.14. The number of nitrogens with two attached hydrogens (primary N) is 3. The smallest absolute Gasteiger partial charge is 0.0350 e. The van der Waals surface area contributed by atoms with Crippen LogP contribution >= 0.6 is 0 Å². The summed E-state index contributed by atoms with van der Waals surface area (Å²) < 4.78 is 0. The van der Waals surface area contributed by atoms with Gasteiger partial charge in [0, 0.05) is 11.4 Å². The molecule has 0 saturated heterocycles. The molecule has 1 aliphatic carbocycles. The SMILES string of the molecule is NCC1Cc2c(N)ccc(N)c2C1. The van der Waals surface area contributed by atoms with Gasteiger partial charge in [-0.2, -0.15) is 0 Å². The normalized spacial score (nSPS) is 16.1. The van der Waals surface area contributed by atoms with Crippen LogP contribution in [0, 0.1) is 5.92 Å². The molecule has 6 N–H and O–H groups in total. The summed E-state index contributed by atoms with van der Waals surface area (Å²) in [4.78, 5) is 0. The van der Waals surface area contributed by atoms with E-state index in [-0.39, 0.29) is 0 Å². The Morgan fingerprint density at radius 1 is 1.08 bits per heavy atom. The van der Waals surface area contributed by atoms with Crippen molar-refractivity contribution in [1.29, 1.82) is 0 Å². The summed E-state index contributed by atoms with van der Waals surface area (Å²) in [5.74, 6) is 0.530. The van der Waals surface area contributed by atoms with Crippen molar-refractivity contribution >= 4 is 11.4 Å². The number of nitrogen functional groups attached to an aromatic ring is 2. The van der Waals surface area contributed by atoms with Gasteiger partial charge in [-0.05, 0) is 48.6 Å². The first-order valence-electron chi connectivity index (χ1n) is 4.58. The highest BCUT2D eigenvalue weighted by molar-refractivity contribution is 5.63. The van der Waals surface area contributed by atoms with Gasteiger partial charge in [-0.1, -0.05) is 0 Å². The molecule has 0 spiro atoms. The fraction of sp³-hybridized carbons (Fsp3) is 0.400. The van der Waals surface area contributed by atoms with Crippen molar-refractivity contribution < 1.29 is 0 Å². The van der Waals surface area contributed by atoms with Gasteiger partial charge in [0.05, 0.1) is 0 Å². The molecule has 13 heavy (non-hydrogen) atoms. The van der Waals surface area contributed by atoms with Gasteiger partial charge in [0.1, 0.15) is 0 Å². The van der Waals surface area contributed by atoms with Crippen LogP contribution in [0.5, 0.6) is 0 Å². The van der Waals surface area contributed by atoms with Crippen LogP contribution in [0.15, 0.2) is 12.1 Å². The summed E-state index contributed by atoms with van der Waals surface area (Å²) in [6.07, 6.45) is 1.98. The number of hydrogen-bond acceptors (Lipinski definition) is 3. The molecule has 0 atom stereocenters. The second-order valence-electron chi connectivity index (χ2n) is 3.71. The van der Waals surface area contributed by atoms with Crippen LogP contribution in [0.4, 0.5) is 11.4 Å². The topological polar surface area (TPSA) is 78.1 Å². The maximum Gasteiger partial charge on any atom is 0.0350 e. The molecule has 0 aliphatic heterocycles. The quantitative estimate of drug-likeness (QED) is 0.547. The molecule has 0 fully saturated rings. The fourth-order valence-corrected chi connectivity index (χ4v) is 2.03. The lowest BCUT2D eigenvalue weighted by atomic mass is 10.1. The van der Waals surface area contributed by atoms with Crippen molar-refractivity contribution in [3.63, 3.8) is 0 Å². The van der Waals surface area contributed by atoms with Gasteiger partial charge >= 0.3 is 0 Å². The van der Waals surface area contributed by atoms with Crippen molar-refractivity contribution in [3.8, 4) is 0 Å². The molecule has 3 heteroatoms. The standard InChI is InChI=1S/C10H15N3/c11-5-6-3-7-8(4-6)10(13)2-1-9(7)12/h1-2,6H,3-5,11-13H2. The van der Waals surface area contributed by atoms with E-state index >= 15 is 0 Å². The molecule has 0 amide bonds. The van der Waals surface area contributed by atoms with E-state index in [1.807, 2.05) is 12.1 Å². The van der Waals surface area contributed by atoms with E-state index in [1.165, 1.54) is 11.1 Å². The van der Waals surface area contributed by atoms with Crippen molar-refractivity contribution in [1.82, 2.24) is 0 Å². The molecular weight excluding hydrogens is 162 g/mol. The molecule has 0 heterocycles. The minimum absolute atomic E-state index is 0.530. The maximum absolute atomic E-state index is 5.86. The molecule has 70 valence electrons. The molecule has 2 rings (SSSR count). The minimum atomic E-state index is 0.530. The Morgan fingerprint density at radius 2 is 1.54 bits per heavy atom. The van der Waals surface area contributed by atoms with Crippen LogP contribution in [-0.2, 0) is 12.8 Å². The second-order valence-corrected chi connectivity index (χ2v) is 3.71. The predicted molar refractivity (Wildman–Crippen MR) is 55.2 cm³/mol. The molecule has 0 radical (unpaired) electrons. The second kappa shape index (κ2) is 2.92. The van der Waals surface area contributed by atoms with Crippen LogP contribution in [0.2, 0.25) is 0 Å². The van der Waals surface area contributed by atoms with Gasteiger partial charge < -0.3 is 17.2 Å². The Kier molecular flexibility index (Phi) is 1.88.